The Hall–Kier alpha value is -3.46. The fourth-order valence-corrected chi connectivity index (χ4v) is 3.07. The van der Waals surface area contributed by atoms with Gasteiger partial charge in [-0.05, 0) is 18.2 Å². The average Bonchev–Trinajstić information content (AvgIpc) is 3.15. The zero-order chi connectivity index (χ0) is 20.5. The number of nitrogens with zero attached hydrogens (tertiary/aromatic N) is 2. The van der Waals surface area contributed by atoms with E-state index in [1.54, 1.807) is 12.1 Å². The fourth-order valence-electron chi connectivity index (χ4n) is 3.07. The second-order valence-electron chi connectivity index (χ2n) is 6.32. The number of nitrogens with one attached hydrogen (secondary N) is 2. The summed E-state index contributed by atoms with van der Waals surface area (Å²) in [6.45, 7) is 0. The first-order chi connectivity index (χ1) is 14.0. The van der Waals surface area contributed by atoms with Gasteiger partial charge in [0.25, 0.3) is 5.56 Å². The van der Waals surface area contributed by atoms with E-state index in [-0.39, 0.29) is 24.4 Å². The third-order valence-electron chi connectivity index (χ3n) is 4.40. The lowest BCUT2D eigenvalue weighted by Gasteiger charge is -2.09. The summed E-state index contributed by atoms with van der Waals surface area (Å²) in [5.74, 6) is 0.381. The number of hydrogen-bond donors (Lipinski definition) is 2. The number of ether oxygens (including phenoxy) is 2. The molecular weight excluding hydrogens is 418 g/mol. The zero-order valence-electron chi connectivity index (χ0n) is 16.0. The summed E-state index contributed by atoms with van der Waals surface area (Å²) in [6.07, 6.45) is 1.66. The second-order valence-corrected chi connectivity index (χ2v) is 6.32. The molecule has 0 aliphatic heterocycles. The van der Waals surface area contributed by atoms with Crippen molar-refractivity contribution in [1.29, 1.82) is 0 Å². The molecule has 0 aliphatic carbocycles. The number of fused-ring (bicyclic) bond motifs is 1. The summed E-state index contributed by atoms with van der Waals surface area (Å²) in [6, 6.07) is 6.39. The maximum Gasteiger partial charge on any atom is 0.258 e. The van der Waals surface area contributed by atoms with Gasteiger partial charge in [-0.3, -0.25) is 4.79 Å². The molecule has 30 heavy (non-hydrogen) atoms. The van der Waals surface area contributed by atoms with Crippen LogP contribution in [0.1, 0.15) is 11.6 Å². The van der Waals surface area contributed by atoms with E-state index in [2.05, 4.69) is 19.9 Å². The molecule has 2 aromatic carbocycles. The van der Waals surface area contributed by atoms with Crippen LogP contribution in [0.25, 0.3) is 22.2 Å². The first kappa shape index (κ1) is 21.3. The first-order valence-corrected chi connectivity index (χ1v) is 8.62. The number of rotatable bonds is 5. The molecule has 0 amide bonds. The first-order valence-electron chi connectivity index (χ1n) is 8.62. The van der Waals surface area contributed by atoms with Gasteiger partial charge in [-0.25, -0.2) is 18.7 Å². The maximum absolute atomic E-state index is 13.4. The molecule has 7 nitrogen and oxygen atoms in total. The van der Waals surface area contributed by atoms with Crippen LogP contribution in [0.15, 0.2) is 41.3 Å². The molecule has 2 N–H and O–H groups in total. The molecule has 2 aromatic heterocycles. The Morgan fingerprint density at radius 2 is 1.60 bits per heavy atom. The molecule has 4 aromatic rings. The lowest BCUT2D eigenvalue weighted by atomic mass is 10.1. The number of methoxy groups -OCH3 is 2. The van der Waals surface area contributed by atoms with E-state index in [0.717, 1.165) is 6.07 Å². The number of benzene rings is 2. The Morgan fingerprint density at radius 3 is 2.27 bits per heavy atom. The minimum absolute atomic E-state index is 0. The van der Waals surface area contributed by atoms with Gasteiger partial charge in [0.05, 0.1) is 43.4 Å². The number of H-pyrrole nitrogens is 2. The highest BCUT2D eigenvalue weighted by atomic mass is 35.5. The third-order valence-corrected chi connectivity index (χ3v) is 4.40. The molecule has 0 atom stereocenters. The Balaban J connectivity index is 0.00000256. The van der Waals surface area contributed by atoms with Gasteiger partial charge in [0.1, 0.15) is 23.3 Å². The van der Waals surface area contributed by atoms with Gasteiger partial charge in [0, 0.05) is 17.7 Å². The predicted molar refractivity (Wildman–Crippen MR) is 109 cm³/mol. The maximum atomic E-state index is 13.4. The SMILES string of the molecule is COc1cc2nc(Cc3ncc(-c4cc(F)cc(F)c4)[nH]3)[nH]c(=O)c2cc1OC.Cl. The zero-order valence-corrected chi connectivity index (χ0v) is 16.8. The Labute approximate surface area is 175 Å². The second kappa shape index (κ2) is 8.50. The highest BCUT2D eigenvalue weighted by Gasteiger charge is 2.13. The molecule has 0 saturated heterocycles. The molecule has 0 fully saturated rings. The Kier molecular flexibility index (Phi) is 6.02. The molecule has 0 spiro atoms. The van der Waals surface area contributed by atoms with Crippen molar-refractivity contribution in [2.75, 3.05) is 14.2 Å². The summed E-state index contributed by atoms with van der Waals surface area (Å²) in [7, 11) is 2.98. The molecule has 0 radical (unpaired) electrons. The summed E-state index contributed by atoms with van der Waals surface area (Å²) >= 11 is 0. The van der Waals surface area contributed by atoms with Crippen LogP contribution in [0.4, 0.5) is 8.78 Å². The van der Waals surface area contributed by atoms with Gasteiger partial charge in [-0.2, -0.15) is 0 Å². The van der Waals surface area contributed by atoms with Gasteiger partial charge in [0.2, 0.25) is 0 Å². The van der Waals surface area contributed by atoms with Crippen LogP contribution in [-0.2, 0) is 6.42 Å². The topological polar surface area (TPSA) is 92.9 Å². The van der Waals surface area contributed by atoms with Crippen LogP contribution in [0, 0.1) is 11.6 Å². The lowest BCUT2D eigenvalue weighted by Crippen LogP contribution is -2.13. The lowest BCUT2D eigenvalue weighted by molar-refractivity contribution is 0.355. The fraction of sp³-hybridized carbons (Fsp3) is 0.150. The van der Waals surface area contributed by atoms with Gasteiger partial charge in [0.15, 0.2) is 11.5 Å². The van der Waals surface area contributed by atoms with E-state index in [9.17, 15) is 13.6 Å². The largest absolute Gasteiger partial charge is 0.493 e. The van der Waals surface area contributed by atoms with Crippen LogP contribution >= 0.6 is 12.4 Å². The van der Waals surface area contributed by atoms with Gasteiger partial charge in [-0.1, -0.05) is 0 Å². The quantitative estimate of drug-likeness (QED) is 0.500. The van der Waals surface area contributed by atoms with Gasteiger partial charge in [-0.15, -0.1) is 12.4 Å². The molecule has 156 valence electrons. The van der Waals surface area contributed by atoms with Gasteiger partial charge < -0.3 is 19.4 Å². The van der Waals surface area contributed by atoms with E-state index in [4.69, 9.17) is 9.47 Å². The normalized spacial score (nSPS) is 10.7. The minimum Gasteiger partial charge on any atom is -0.493 e. The van der Waals surface area contributed by atoms with Crippen molar-refractivity contribution in [2.45, 2.75) is 6.42 Å². The van der Waals surface area contributed by atoms with Crippen molar-refractivity contribution in [3.8, 4) is 22.8 Å². The summed E-state index contributed by atoms with van der Waals surface area (Å²) in [5, 5.41) is 0.363. The monoisotopic (exact) mass is 434 g/mol. The molecule has 2 heterocycles. The van der Waals surface area contributed by atoms with Crippen LogP contribution in [0.2, 0.25) is 0 Å². The predicted octanol–water partition coefficient (Wildman–Crippen LogP) is 3.62. The summed E-state index contributed by atoms with van der Waals surface area (Å²) in [4.78, 5) is 26.8. The van der Waals surface area contributed by atoms with Gasteiger partial charge >= 0.3 is 0 Å². The van der Waals surface area contributed by atoms with Crippen LogP contribution in [0.5, 0.6) is 11.5 Å². The average molecular weight is 435 g/mol. The minimum atomic E-state index is -0.680. The van der Waals surface area contributed by atoms with Crippen molar-refractivity contribution in [3.63, 3.8) is 0 Å². The molecule has 10 heteroatoms. The molecule has 0 saturated carbocycles. The Morgan fingerprint density at radius 1 is 0.933 bits per heavy atom. The van der Waals surface area contributed by atoms with E-state index in [1.165, 1.54) is 32.5 Å². The van der Waals surface area contributed by atoms with Crippen LogP contribution in [-0.4, -0.2) is 34.2 Å². The number of hydrogen-bond acceptors (Lipinski definition) is 5. The third kappa shape index (κ3) is 4.11. The molecule has 0 unspecified atom stereocenters. The van der Waals surface area contributed by atoms with Crippen LogP contribution < -0.4 is 15.0 Å². The van der Waals surface area contributed by atoms with E-state index in [0.29, 0.717) is 45.3 Å². The molecule has 0 aliphatic rings. The highest BCUT2D eigenvalue weighted by molar-refractivity contribution is 5.85. The van der Waals surface area contributed by atoms with E-state index in [1.807, 2.05) is 0 Å². The number of imidazole rings is 1. The highest BCUT2D eigenvalue weighted by Crippen LogP contribution is 2.30. The van der Waals surface area contributed by atoms with E-state index >= 15 is 0 Å². The summed E-state index contributed by atoms with van der Waals surface area (Å²) < 4.78 is 37.3. The van der Waals surface area contributed by atoms with E-state index < -0.39 is 11.6 Å². The van der Waals surface area contributed by atoms with Crippen LogP contribution in [0.3, 0.4) is 0 Å². The smallest absolute Gasteiger partial charge is 0.258 e. The van der Waals surface area contributed by atoms with Crippen molar-refractivity contribution in [2.24, 2.45) is 0 Å². The van der Waals surface area contributed by atoms with Crippen molar-refractivity contribution >= 4 is 23.3 Å². The number of aromatic nitrogens is 4. The van der Waals surface area contributed by atoms with Crippen molar-refractivity contribution in [3.05, 3.63) is 70.2 Å². The standard InChI is InChI=1S/C20H16F2N4O3.ClH/c1-28-16-6-13-14(7-17(16)29-2)24-19(26-20(13)27)8-18-23-9-15(25-18)10-3-11(21)5-12(22)4-10;/h3-7,9H,8H2,1-2H3,(H,23,25)(H,24,26,27);1H. The number of halogens is 3. The molecule has 4 rings (SSSR count). The Bertz CT molecular complexity index is 1250. The van der Waals surface area contributed by atoms with Crippen molar-refractivity contribution < 1.29 is 18.3 Å². The summed E-state index contributed by atoms with van der Waals surface area (Å²) in [5.41, 5.74) is 0.899. The molecular formula is C20H17ClF2N4O3. The molecule has 0 bridgehead atoms. The number of aromatic amines is 2. The van der Waals surface area contributed by atoms with Crippen molar-refractivity contribution in [1.82, 2.24) is 19.9 Å².